The van der Waals surface area contributed by atoms with Gasteiger partial charge >= 0.3 is 0 Å². The van der Waals surface area contributed by atoms with Crippen LogP contribution >= 0.6 is 0 Å². The molecule has 0 bridgehead atoms. The average molecular weight is 218 g/mol. The molecule has 0 aliphatic heterocycles. The summed E-state index contributed by atoms with van der Waals surface area (Å²) in [6.45, 7) is 5.17. The van der Waals surface area contributed by atoms with Gasteiger partial charge in [-0.05, 0) is 54.7 Å². The highest BCUT2D eigenvalue weighted by Crippen LogP contribution is 2.27. The Kier molecular flexibility index (Phi) is 3.59. The summed E-state index contributed by atoms with van der Waals surface area (Å²) in [5.41, 5.74) is 11.4. The third-order valence-electron chi connectivity index (χ3n) is 3.40. The van der Waals surface area contributed by atoms with Gasteiger partial charge in [0.05, 0.1) is 0 Å². The summed E-state index contributed by atoms with van der Waals surface area (Å²) in [5.74, 6) is 0.693. The zero-order valence-corrected chi connectivity index (χ0v) is 10.4. The zero-order chi connectivity index (χ0) is 11.5. The van der Waals surface area contributed by atoms with Crippen LogP contribution in [0.15, 0.2) is 6.20 Å². The Morgan fingerprint density at radius 2 is 2.06 bits per heavy atom. The number of nitrogens with zero attached hydrogens (tertiary/aromatic N) is 1. The van der Waals surface area contributed by atoms with Crippen LogP contribution in [0.25, 0.3) is 0 Å². The van der Waals surface area contributed by atoms with E-state index < -0.39 is 0 Å². The van der Waals surface area contributed by atoms with Gasteiger partial charge in [-0.2, -0.15) is 0 Å². The van der Waals surface area contributed by atoms with Crippen molar-refractivity contribution < 1.29 is 0 Å². The highest BCUT2D eigenvalue weighted by atomic mass is 14.7. The molecule has 0 fully saturated rings. The normalized spacial score (nSPS) is 15.2. The SMILES string of the molecule is CC(C)Cc1c(CN)cnc2c1CCCC2. The maximum atomic E-state index is 5.82. The van der Waals surface area contributed by atoms with E-state index in [1.807, 2.05) is 6.20 Å². The Balaban J connectivity index is 2.43. The van der Waals surface area contributed by atoms with Crippen molar-refractivity contribution in [3.05, 3.63) is 28.6 Å². The summed E-state index contributed by atoms with van der Waals surface area (Å²) < 4.78 is 0. The number of fused-ring (bicyclic) bond motifs is 1. The molecule has 0 amide bonds. The molecule has 88 valence electrons. The van der Waals surface area contributed by atoms with Gasteiger partial charge in [-0.15, -0.1) is 0 Å². The van der Waals surface area contributed by atoms with Crippen molar-refractivity contribution in [2.75, 3.05) is 0 Å². The maximum absolute atomic E-state index is 5.82. The Morgan fingerprint density at radius 3 is 2.75 bits per heavy atom. The van der Waals surface area contributed by atoms with Crippen LogP contribution in [-0.4, -0.2) is 4.98 Å². The van der Waals surface area contributed by atoms with Gasteiger partial charge in [0.1, 0.15) is 0 Å². The van der Waals surface area contributed by atoms with E-state index in [0.717, 1.165) is 12.8 Å². The molecular formula is C14H22N2. The first-order chi connectivity index (χ1) is 7.72. The lowest BCUT2D eigenvalue weighted by molar-refractivity contribution is 0.612. The van der Waals surface area contributed by atoms with E-state index in [2.05, 4.69) is 18.8 Å². The van der Waals surface area contributed by atoms with Gasteiger partial charge in [-0.3, -0.25) is 4.98 Å². The number of rotatable bonds is 3. The molecule has 0 spiro atoms. The number of aryl methyl sites for hydroxylation is 1. The molecule has 16 heavy (non-hydrogen) atoms. The second kappa shape index (κ2) is 4.96. The minimum Gasteiger partial charge on any atom is -0.326 e. The average Bonchev–Trinajstić information content (AvgIpc) is 2.29. The van der Waals surface area contributed by atoms with E-state index in [0.29, 0.717) is 12.5 Å². The molecule has 2 N–H and O–H groups in total. The number of nitrogens with two attached hydrogens (primary N) is 1. The Bertz CT molecular complexity index is 369. The summed E-state index contributed by atoms with van der Waals surface area (Å²) in [6.07, 6.45) is 8.12. The predicted octanol–water partition coefficient (Wildman–Crippen LogP) is 2.62. The van der Waals surface area contributed by atoms with E-state index in [9.17, 15) is 0 Å². The van der Waals surface area contributed by atoms with Gasteiger partial charge in [0.25, 0.3) is 0 Å². The molecule has 1 aromatic rings. The topological polar surface area (TPSA) is 38.9 Å². The van der Waals surface area contributed by atoms with Crippen LogP contribution in [0.2, 0.25) is 0 Å². The van der Waals surface area contributed by atoms with E-state index in [1.54, 1.807) is 0 Å². The van der Waals surface area contributed by atoms with Crippen LogP contribution in [0.4, 0.5) is 0 Å². The summed E-state index contributed by atoms with van der Waals surface area (Å²) in [7, 11) is 0. The van der Waals surface area contributed by atoms with Gasteiger partial charge < -0.3 is 5.73 Å². The Labute approximate surface area is 98.3 Å². The van der Waals surface area contributed by atoms with Gasteiger partial charge in [-0.25, -0.2) is 0 Å². The van der Waals surface area contributed by atoms with Gasteiger partial charge in [-0.1, -0.05) is 13.8 Å². The van der Waals surface area contributed by atoms with Crippen molar-refractivity contribution in [1.29, 1.82) is 0 Å². The lowest BCUT2D eigenvalue weighted by Gasteiger charge is -2.22. The molecule has 2 nitrogen and oxygen atoms in total. The van der Waals surface area contributed by atoms with Gasteiger partial charge in [0, 0.05) is 18.4 Å². The van der Waals surface area contributed by atoms with Crippen LogP contribution in [-0.2, 0) is 25.8 Å². The minimum absolute atomic E-state index is 0.627. The lowest BCUT2D eigenvalue weighted by Crippen LogP contribution is -2.14. The maximum Gasteiger partial charge on any atom is 0.0438 e. The monoisotopic (exact) mass is 218 g/mol. The standard InChI is InChI=1S/C14H22N2/c1-10(2)7-13-11(8-15)9-16-14-6-4-3-5-12(13)14/h9-10H,3-8,15H2,1-2H3. The Morgan fingerprint density at radius 1 is 1.31 bits per heavy atom. The van der Waals surface area contributed by atoms with Gasteiger partial charge in [0.15, 0.2) is 0 Å². The highest BCUT2D eigenvalue weighted by molar-refractivity contribution is 5.38. The molecule has 0 atom stereocenters. The van der Waals surface area contributed by atoms with Crippen molar-refractivity contribution >= 4 is 0 Å². The molecule has 1 aliphatic rings. The first-order valence-corrected chi connectivity index (χ1v) is 6.41. The number of hydrogen-bond donors (Lipinski definition) is 1. The van der Waals surface area contributed by atoms with Crippen LogP contribution in [0.5, 0.6) is 0 Å². The van der Waals surface area contributed by atoms with Gasteiger partial charge in [0.2, 0.25) is 0 Å². The predicted molar refractivity (Wildman–Crippen MR) is 67.3 cm³/mol. The van der Waals surface area contributed by atoms with Crippen molar-refractivity contribution in [1.82, 2.24) is 4.98 Å². The Hall–Kier alpha value is -0.890. The smallest absolute Gasteiger partial charge is 0.0438 e. The van der Waals surface area contributed by atoms with E-state index in [-0.39, 0.29) is 0 Å². The molecule has 0 saturated heterocycles. The zero-order valence-electron chi connectivity index (χ0n) is 10.4. The molecule has 1 aromatic heterocycles. The number of hydrogen-bond acceptors (Lipinski definition) is 2. The van der Waals surface area contributed by atoms with Crippen molar-refractivity contribution in [2.24, 2.45) is 11.7 Å². The number of aromatic nitrogens is 1. The molecule has 1 heterocycles. The van der Waals surface area contributed by atoms with Crippen LogP contribution < -0.4 is 5.73 Å². The van der Waals surface area contributed by atoms with Crippen molar-refractivity contribution in [3.63, 3.8) is 0 Å². The van der Waals surface area contributed by atoms with Crippen LogP contribution in [0.1, 0.15) is 49.1 Å². The molecule has 0 aromatic carbocycles. The summed E-state index contributed by atoms with van der Waals surface area (Å²) >= 11 is 0. The largest absolute Gasteiger partial charge is 0.326 e. The second-order valence-corrected chi connectivity index (χ2v) is 5.20. The first-order valence-electron chi connectivity index (χ1n) is 6.41. The fourth-order valence-electron chi connectivity index (χ4n) is 2.62. The lowest BCUT2D eigenvalue weighted by atomic mass is 9.86. The summed E-state index contributed by atoms with van der Waals surface area (Å²) in [4.78, 5) is 4.58. The molecule has 0 radical (unpaired) electrons. The van der Waals surface area contributed by atoms with Crippen LogP contribution in [0.3, 0.4) is 0 Å². The molecule has 2 rings (SSSR count). The van der Waals surface area contributed by atoms with E-state index >= 15 is 0 Å². The van der Waals surface area contributed by atoms with Crippen LogP contribution in [0, 0.1) is 5.92 Å². The summed E-state index contributed by atoms with van der Waals surface area (Å²) in [5, 5.41) is 0. The second-order valence-electron chi connectivity index (χ2n) is 5.20. The summed E-state index contributed by atoms with van der Waals surface area (Å²) in [6, 6.07) is 0. The van der Waals surface area contributed by atoms with E-state index in [1.165, 1.54) is 41.6 Å². The van der Waals surface area contributed by atoms with Crippen molar-refractivity contribution in [2.45, 2.75) is 52.5 Å². The first kappa shape index (κ1) is 11.6. The third-order valence-corrected chi connectivity index (χ3v) is 3.40. The molecular weight excluding hydrogens is 196 g/mol. The fraction of sp³-hybridized carbons (Fsp3) is 0.643. The van der Waals surface area contributed by atoms with E-state index in [4.69, 9.17) is 5.73 Å². The fourth-order valence-corrected chi connectivity index (χ4v) is 2.62. The molecule has 1 aliphatic carbocycles. The quantitative estimate of drug-likeness (QED) is 0.847. The molecule has 0 unspecified atom stereocenters. The highest BCUT2D eigenvalue weighted by Gasteiger charge is 2.17. The molecule has 2 heteroatoms. The molecule has 0 saturated carbocycles. The van der Waals surface area contributed by atoms with Crippen molar-refractivity contribution in [3.8, 4) is 0 Å². The minimum atomic E-state index is 0.627. The number of pyridine rings is 1. The third kappa shape index (κ3) is 2.27.